The highest BCUT2D eigenvalue weighted by Crippen LogP contribution is 2.22. The van der Waals surface area contributed by atoms with Crippen molar-refractivity contribution >= 4 is 27.4 Å². The van der Waals surface area contributed by atoms with Gasteiger partial charge in [-0.1, -0.05) is 44.7 Å². The van der Waals surface area contributed by atoms with E-state index < -0.39 is 10.0 Å². The molecule has 7 heteroatoms. The minimum atomic E-state index is -3.56. The summed E-state index contributed by atoms with van der Waals surface area (Å²) in [7, 11) is -1.88. The number of anilines is 1. The Morgan fingerprint density at radius 1 is 1.38 bits per heavy atom. The van der Waals surface area contributed by atoms with Gasteiger partial charge < -0.3 is 5.32 Å². The van der Waals surface area contributed by atoms with Crippen LogP contribution in [0.15, 0.2) is 17.2 Å². The Bertz CT molecular complexity index is 549. The summed E-state index contributed by atoms with van der Waals surface area (Å²) in [5.74, 6) is 0.824. The Morgan fingerprint density at radius 2 is 2.10 bits per heavy atom. The van der Waals surface area contributed by atoms with Gasteiger partial charge in [-0.2, -0.15) is 0 Å². The topological polar surface area (TPSA) is 71.1 Å². The normalized spacial score (nSPS) is 13.1. The van der Waals surface area contributed by atoms with E-state index in [4.69, 9.17) is 11.6 Å². The highest BCUT2D eigenvalue weighted by molar-refractivity contribution is 7.89. The lowest BCUT2D eigenvalue weighted by atomic mass is 10.00. The molecule has 1 atom stereocenters. The quantitative estimate of drug-likeness (QED) is 0.727. The van der Waals surface area contributed by atoms with Crippen LogP contribution in [0.1, 0.15) is 39.5 Å². The van der Waals surface area contributed by atoms with Crippen molar-refractivity contribution in [3.63, 3.8) is 0 Å². The molecule has 5 nitrogen and oxygen atoms in total. The van der Waals surface area contributed by atoms with E-state index in [1.54, 1.807) is 7.05 Å². The molecule has 0 bridgehead atoms. The number of hydrogen-bond acceptors (Lipinski definition) is 4. The molecule has 21 heavy (non-hydrogen) atoms. The second-order valence-corrected chi connectivity index (χ2v) is 7.19. The van der Waals surface area contributed by atoms with E-state index in [1.807, 2.05) is 0 Å². The molecule has 0 radical (unpaired) electrons. The van der Waals surface area contributed by atoms with E-state index in [2.05, 4.69) is 28.9 Å². The molecule has 0 aromatic carbocycles. The van der Waals surface area contributed by atoms with Crippen LogP contribution in [-0.2, 0) is 10.0 Å². The van der Waals surface area contributed by atoms with Crippen molar-refractivity contribution in [2.45, 2.75) is 44.4 Å². The summed E-state index contributed by atoms with van der Waals surface area (Å²) in [4.78, 5) is 4.09. The van der Waals surface area contributed by atoms with Crippen LogP contribution in [0.4, 0.5) is 5.82 Å². The summed E-state index contributed by atoms with van der Waals surface area (Å²) in [5, 5.41) is 3.09. The maximum Gasteiger partial charge on any atom is 0.242 e. The monoisotopic (exact) mass is 333 g/mol. The molecule has 0 aliphatic heterocycles. The zero-order valence-electron chi connectivity index (χ0n) is 12.8. The maximum absolute atomic E-state index is 12.2. The van der Waals surface area contributed by atoms with Gasteiger partial charge in [0.1, 0.15) is 10.7 Å². The third-order valence-electron chi connectivity index (χ3n) is 3.47. The van der Waals surface area contributed by atoms with Gasteiger partial charge in [-0.3, -0.25) is 0 Å². The van der Waals surface area contributed by atoms with E-state index in [0.717, 1.165) is 25.7 Å². The molecule has 1 rings (SSSR count). The average Bonchev–Trinajstić information content (AvgIpc) is 2.47. The van der Waals surface area contributed by atoms with Crippen LogP contribution >= 0.6 is 11.6 Å². The Kier molecular flexibility index (Phi) is 7.42. The number of sulfonamides is 1. The predicted molar refractivity (Wildman–Crippen MR) is 87.3 cm³/mol. The maximum atomic E-state index is 12.2. The minimum Gasteiger partial charge on any atom is -0.372 e. The highest BCUT2D eigenvalue weighted by atomic mass is 35.5. The van der Waals surface area contributed by atoms with Crippen LogP contribution < -0.4 is 10.0 Å². The largest absolute Gasteiger partial charge is 0.372 e. The molecule has 0 aliphatic rings. The van der Waals surface area contributed by atoms with Crippen molar-refractivity contribution in [2.24, 2.45) is 5.92 Å². The SMILES string of the molecule is CCCCC(CC)CNS(=O)(=O)c1cnc(NC)c(Cl)c1. The van der Waals surface area contributed by atoms with Crippen molar-refractivity contribution in [1.29, 1.82) is 0 Å². The van der Waals surface area contributed by atoms with Crippen LogP contribution in [0.3, 0.4) is 0 Å². The molecule has 0 spiro atoms. The zero-order valence-corrected chi connectivity index (χ0v) is 14.4. The van der Waals surface area contributed by atoms with Crippen molar-refractivity contribution < 1.29 is 8.42 Å². The third kappa shape index (κ3) is 5.45. The first kappa shape index (κ1) is 18.2. The van der Waals surface area contributed by atoms with Crippen molar-refractivity contribution in [1.82, 2.24) is 9.71 Å². The summed E-state index contributed by atoms with van der Waals surface area (Å²) < 4.78 is 27.1. The van der Waals surface area contributed by atoms with Crippen LogP contribution in [0.2, 0.25) is 5.02 Å². The second kappa shape index (κ2) is 8.56. The molecule has 1 aromatic heterocycles. The Morgan fingerprint density at radius 3 is 2.62 bits per heavy atom. The van der Waals surface area contributed by atoms with Gasteiger partial charge in [0, 0.05) is 19.8 Å². The Labute approximate surface area is 132 Å². The highest BCUT2D eigenvalue weighted by Gasteiger charge is 2.18. The average molecular weight is 334 g/mol. The van der Waals surface area contributed by atoms with Crippen molar-refractivity contribution in [3.8, 4) is 0 Å². The fourth-order valence-electron chi connectivity index (χ4n) is 2.01. The molecule has 1 unspecified atom stereocenters. The predicted octanol–water partition coefficient (Wildman–Crippen LogP) is 3.27. The van der Waals surface area contributed by atoms with E-state index >= 15 is 0 Å². The van der Waals surface area contributed by atoms with E-state index in [1.165, 1.54) is 12.3 Å². The standard InChI is InChI=1S/C14H24ClN3O2S/c1-4-6-7-11(5-2)9-18-21(19,20)12-8-13(15)14(16-3)17-10-12/h8,10-11,18H,4-7,9H2,1-3H3,(H,16,17). The lowest BCUT2D eigenvalue weighted by Gasteiger charge is -2.15. The lowest BCUT2D eigenvalue weighted by molar-refractivity contribution is 0.443. The van der Waals surface area contributed by atoms with Gasteiger partial charge in [-0.25, -0.2) is 18.1 Å². The fourth-order valence-corrected chi connectivity index (χ4v) is 3.42. The number of aromatic nitrogens is 1. The smallest absolute Gasteiger partial charge is 0.242 e. The van der Waals surface area contributed by atoms with Gasteiger partial charge in [0.25, 0.3) is 0 Å². The first-order valence-electron chi connectivity index (χ1n) is 7.27. The van der Waals surface area contributed by atoms with Gasteiger partial charge in [0.05, 0.1) is 5.02 Å². The Balaban J connectivity index is 2.74. The number of halogens is 1. The zero-order chi connectivity index (χ0) is 15.9. The summed E-state index contributed by atoms with van der Waals surface area (Å²) in [6, 6.07) is 1.41. The lowest BCUT2D eigenvalue weighted by Crippen LogP contribution is -2.29. The summed E-state index contributed by atoms with van der Waals surface area (Å²) in [5.41, 5.74) is 0. The molecular formula is C14H24ClN3O2S. The van der Waals surface area contributed by atoms with Crippen molar-refractivity contribution in [2.75, 3.05) is 18.9 Å². The summed E-state index contributed by atoms with van der Waals surface area (Å²) in [6.07, 6.45) is 5.54. The summed E-state index contributed by atoms with van der Waals surface area (Å²) in [6.45, 7) is 4.66. The van der Waals surface area contributed by atoms with Crippen molar-refractivity contribution in [3.05, 3.63) is 17.3 Å². The Hall–Kier alpha value is -0.850. The molecular weight excluding hydrogens is 310 g/mol. The number of pyridine rings is 1. The number of nitrogens with zero attached hydrogens (tertiary/aromatic N) is 1. The van der Waals surface area contributed by atoms with Gasteiger partial charge >= 0.3 is 0 Å². The van der Waals surface area contributed by atoms with Gasteiger partial charge in [-0.15, -0.1) is 0 Å². The van der Waals surface area contributed by atoms with Crippen LogP contribution in [-0.4, -0.2) is 27.0 Å². The molecule has 0 fully saturated rings. The molecule has 1 heterocycles. The second-order valence-electron chi connectivity index (χ2n) is 5.02. The summed E-state index contributed by atoms with van der Waals surface area (Å²) >= 11 is 5.98. The number of unbranched alkanes of at least 4 members (excludes halogenated alkanes) is 1. The first-order chi connectivity index (χ1) is 9.94. The van der Waals surface area contributed by atoms with Gasteiger partial charge in [0.15, 0.2) is 0 Å². The van der Waals surface area contributed by atoms with Crippen LogP contribution in [0.5, 0.6) is 0 Å². The number of hydrogen-bond donors (Lipinski definition) is 2. The first-order valence-corrected chi connectivity index (χ1v) is 9.13. The third-order valence-corrected chi connectivity index (χ3v) is 5.15. The van der Waals surface area contributed by atoms with Gasteiger partial charge in [-0.05, 0) is 18.4 Å². The van der Waals surface area contributed by atoms with Crippen LogP contribution in [0, 0.1) is 5.92 Å². The minimum absolute atomic E-state index is 0.0943. The van der Waals surface area contributed by atoms with Crippen LogP contribution in [0.25, 0.3) is 0 Å². The molecule has 0 amide bonds. The molecule has 1 aromatic rings. The fraction of sp³-hybridized carbons (Fsp3) is 0.643. The molecule has 120 valence electrons. The molecule has 0 saturated heterocycles. The van der Waals surface area contributed by atoms with Gasteiger partial charge in [0.2, 0.25) is 10.0 Å². The number of nitrogens with one attached hydrogen (secondary N) is 2. The molecule has 0 saturated carbocycles. The number of rotatable bonds is 9. The van der Waals surface area contributed by atoms with E-state index in [9.17, 15) is 8.42 Å². The van der Waals surface area contributed by atoms with E-state index in [0.29, 0.717) is 23.3 Å². The molecule has 0 aliphatic carbocycles. The molecule has 2 N–H and O–H groups in total. The van der Waals surface area contributed by atoms with E-state index in [-0.39, 0.29) is 4.90 Å².